The Morgan fingerprint density at radius 1 is 1.32 bits per heavy atom. The van der Waals surface area contributed by atoms with E-state index in [1.165, 1.54) is 31.4 Å². The van der Waals surface area contributed by atoms with E-state index in [1.807, 2.05) is 0 Å². The van der Waals surface area contributed by atoms with Gasteiger partial charge in [-0.3, -0.25) is 9.52 Å². The molecule has 1 aromatic carbocycles. The van der Waals surface area contributed by atoms with Gasteiger partial charge in [-0.05, 0) is 30.7 Å². The minimum Gasteiger partial charge on any atom is -0.497 e. The zero-order valence-corrected chi connectivity index (χ0v) is 17.4. The van der Waals surface area contributed by atoms with Crippen molar-refractivity contribution in [1.82, 2.24) is 10.3 Å². The van der Waals surface area contributed by atoms with E-state index in [0.29, 0.717) is 17.9 Å². The predicted molar refractivity (Wildman–Crippen MR) is 105 cm³/mol. The van der Waals surface area contributed by atoms with Crippen LogP contribution in [0.1, 0.15) is 12.1 Å². The molecule has 1 aliphatic heterocycles. The van der Waals surface area contributed by atoms with Crippen LogP contribution in [0.4, 0.5) is 5.13 Å². The molecule has 0 spiro atoms. The Bertz CT molecular complexity index is 1060. The Labute approximate surface area is 167 Å². The van der Waals surface area contributed by atoms with Crippen LogP contribution in [-0.4, -0.2) is 52.4 Å². The maximum Gasteiger partial charge on any atom is 0.263 e. The summed E-state index contributed by atoms with van der Waals surface area (Å²) in [5.74, 6) is 0.211. The van der Waals surface area contributed by atoms with E-state index >= 15 is 0 Å². The van der Waals surface area contributed by atoms with Crippen LogP contribution in [0.2, 0.25) is 0 Å². The molecule has 0 aliphatic carbocycles. The standard InChI is InChI=1S/C16H19N3O6S3/c1-25-13-2-4-14(5-3-13)28(23,24)19-16-18-12(9-26-16)8-15(20)17-11-6-7-27(21,22)10-11/h2-5,9,11H,6-8,10H2,1H3,(H,17,20)(H,18,19)/t11-/m0/s1. The second-order valence-electron chi connectivity index (χ2n) is 6.27. The number of nitrogens with one attached hydrogen (secondary N) is 2. The number of sulfonamides is 1. The summed E-state index contributed by atoms with van der Waals surface area (Å²) in [4.78, 5) is 16.2. The van der Waals surface area contributed by atoms with Gasteiger partial charge >= 0.3 is 0 Å². The summed E-state index contributed by atoms with van der Waals surface area (Å²) in [5.41, 5.74) is 0.399. The van der Waals surface area contributed by atoms with Gasteiger partial charge < -0.3 is 10.1 Å². The van der Waals surface area contributed by atoms with Gasteiger partial charge in [0.05, 0.1) is 35.6 Å². The van der Waals surface area contributed by atoms with Crippen molar-refractivity contribution in [3.05, 3.63) is 35.3 Å². The number of hydrogen-bond donors (Lipinski definition) is 2. The number of aromatic nitrogens is 1. The van der Waals surface area contributed by atoms with E-state index in [4.69, 9.17) is 4.74 Å². The van der Waals surface area contributed by atoms with E-state index in [-0.39, 0.29) is 39.9 Å². The van der Waals surface area contributed by atoms with Gasteiger partial charge in [0.25, 0.3) is 10.0 Å². The van der Waals surface area contributed by atoms with Crippen LogP contribution in [0.15, 0.2) is 34.5 Å². The van der Waals surface area contributed by atoms with E-state index < -0.39 is 19.9 Å². The smallest absolute Gasteiger partial charge is 0.263 e. The Balaban J connectivity index is 1.59. The average Bonchev–Trinajstić information content (AvgIpc) is 3.19. The number of methoxy groups -OCH3 is 1. The first-order valence-corrected chi connectivity index (χ1v) is 12.5. The molecule has 12 heteroatoms. The van der Waals surface area contributed by atoms with Crippen LogP contribution in [0, 0.1) is 0 Å². The van der Waals surface area contributed by atoms with Crippen molar-refractivity contribution in [2.24, 2.45) is 0 Å². The Hall–Kier alpha value is -2.18. The van der Waals surface area contributed by atoms with Crippen molar-refractivity contribution in [3.8, 4) is 5.75 Å². The van der Waals surface area contributed by atoms with E-state index in [1.54, 1.807) is 5.38 Å². The lowest BCUT2D eigenvalue weighted by Crippen LogP contribution is -2.36. The molecule has 2 heterocycles. The van der Waals surface area contributed by atoms with Gasteiger partial charge in [0, 0.05) is 11.4 Å². The topological polar surface area (TPSA) is 132 Å². The molecule has 1 aliphatic rings. The normalized spacial score (nSPS) is 18.5. The van der Waals surface area contributed by atoms with Crippen LogP contribution in [0.5, 0.6) is 5.75 Å². The maximum atomic E-state index is 12.4. The van der Waals surface area contributed by atoms with Gasteiger partial charge in [0.1, 0.15) is 5.75 Å². The molecular formula is C16H19N3O6S3. The molecule has 9 nitrogen and oxygen atoms in total. The second kappa shape index (κ2) is 8.05. The Kier molecular flexibility index (Phi) is 5.91. The van der Waals surface area contributed by atoms with E-state index in [0.717, 1.165) is 11.3 Å². The van der Waals surface area contributed by atoms with Gasteiger partial charge in [-0.25, -0.2) is 21.8 Å². The summed E-state index contributed by atoms with van der Waals surface area (Å²) >= 11 is 1.06. The van der Waals surface area contributed by atoms with Gasteiger partial charge in [-0.2, -0.15) is 0 Å². The van der Waals surface area contributed by atoms with Crippen molar-refractivity contribution in [3.63, 3.8) is 0 Å². The zero-order chi connectivity index (χ0) is 20.4. The summed E-state index contributed by atoms with van der Waals surface area (Å²) in [5, 5.41) is 4.39. The summed E-state index contributed by atoms with van der Waals surface area (Å²) in [6.45, 7) is 0. The number of sulfone groups is 1. The van der Waals surface area contributed by atoms with Gasteiger partial charge in [-0.15, -0.1) is 11.3 Å². The fourth-order valence-electron chi connectivity index (χ4n) is 2.72. The molecule has 152 valence electrons. The molecule has 0 unspecified atom stereocenters. The Morgan fingerprint density at radius 2 is 2.04 bits per heavy atom. The van der Waals surface area contributed by atoms with Gasteiger partial charge in [-0.1, -0.05) is 0 Å². The summed E-state index contributed by atoms with van der Waals surface area (Å²) in [6.07, 6.45) is 0.343. The molecule has 1 saturated heterocycles. The highest BCUT2D eigenvalue weighted by Crippen LogP contribution is 2.22. The highest BCUT2D eigenvalue weighted by molar-refractivity contribution is 7.93. The van der Waals surface area contributed by atoms with Gasteiger partial charge in [0.15, 0.2) is 15.0 Å². The lowest BCUT2D eigenvalue weighted by Gasteiger charge is -2.09. The van der Waals surface area contributed by atoms with E-state index in [2.05, 4.69) is 15.0 Å². The zero-order valence-electron chi connectivity index (χ0n) is 14.9. The molecule has 0 radical (unpaired) electrons. The third-order valence-electron chi connectivity index (χ3n) is 4.08. The molecule has 1 aromatic heterocycles. The van der Waals surface area contributed by atoms with Crippen LogP contribution < -0.4 is 14.8 Å². The number of carbonyl (C=O) groups is 1. The number of nitrogens with zero attached hydrogens (tertiary/aromatic N) is 1. The number of benzene rings is 1. The van der Waals surface area contributed by atoms with Crippen LogP contribution in [-0.2, 0) is 31.1 Å². The third kappa shape index (κ3) is 5.20. The second-order valence-corrected chi connectivity index (χ2v) is 11.0. The first-order valence-electron chi connectivity index (χ1n) is 8.28. The van der Waals surface area contributed by atoms with Crippen LogP contribution in [0.3, 0.4) is 0 Å². The highest BCUT2D eigenvalue weighted by atomic mass is 32.2. The van der Waals surface area contributed by atoms with Crippen molar-refractivity contribution in [1.29, 1.82) is 0 Å². The number of hydrogen-bond acceptors (Lipinski definition) is 8. The lowest BCUT2D eigenvalue weighted by atomic mass is 10.2. The highest BCUT2D eigenvalue weighted by Gasteiger charge is 2.29. The van der Waals surface area contributed by atoms with Crippen molar-refractivity contribution in [2.45, 2.75) is 23.8 Å². The molecule has 1 atom stereocenters. The number of thiazole rings is 1. The lowest BCUT2D eigenvalue weighted by molar-refractivity contribution is -0.121. The third-order valence-corrected chi connectivity index (χ3v) is 8.14. The molecule has 2 aromatic rings. The quantitative estimate of drug-likeness (QED) is 0.644. The molecule has 28 heavy (non-hydrogen) atoms. The molecule has 1 fully saturated rings. The SMILES string of the molecule is COc1ccc(S(=O)(=O)Nc2nc(CC(=O)N[C@H]3CCS(=O)(=O)C3)cs2)cc1. The van der Waals surface area contributed by atoms with Gasteiger partial charge in [0.2, 0.25) is 5.91 Å². The fourth-order valence-corrected chi connectivity index (χ4v) is 6.35. The minimum atomic E-state index is -3.81. The van der Waals surface area contributed by atoms with Crippen molar-refractivity contribution >= 4 is 42.2 Å². The molecule has 2 N–H and O–H groups in total. The first-order chi connectivity index (χ1) is 13.2. The molecule has 0 bridgehead atoms. The molecule has 0 saturated carbocycles. The average molecular weight is 446 g/mol. The first kappa shape index (κ1) is 20.6. The largest absolute Gasteiger partial charge is 0.497 e. The molecule has 3 rings (SSSR count). The number of carbonyl (C=O) groups excluding carboxylic acids is 1. The summed E-state index contributed by atoms with van der Waals surface area (Å²) < 4.78 is 55.1. The van der Waals surface area contributed by atoms with Crippen LogP contribution >= 0.6 is 11.3 Å². The maximum absolute atomic E-state index is 12.4. The minimum absolute atomic E-state index is 0.0529. The van der Waals surface area contributed by atoms with Crippen molar-refractivity contribution < 1.29 is 26.4 Å². The number of anilines is 1. The number of ether oxygens (including phenoxy) is 1. The Morgan fingerprint density at radius 3 is 2.64 bits per heavy atom. The summed E-state index contributed by atoms with van der Waals surface area (Å²) in [6, 6.07) is 5.52. The molecule has 1 amide bonds. The monoisotopic (exact) mass is 445 g/mol. The van der Waals surface area contributed by atoms with E-state index in [9.17, 15) is 21.6 Å². The molecular weight excluding hydrogens is 426 g/mol. The fraction of sp³-hybridized carbons (Fsp3) is 0.375. The summed E-state index contributed by atoms with van der Waals surface area (Å²) in [7, 11) is -5.40. The number of rotatable bonds is 7. The number of amides is 1. The van der Waals surface area contributed by atoms with Crippen LogP contribution in [0.25, 0.3) is 0 Å². The predicted octanol–water partition coefficient (Wildman–Crippen LogP) is 0.798. The van der Waals surface area contributed by atoms with Crippen molar-refractivity contribution in [2.75, 3.05) is 23.3 Å².